The molecule has 5 nitrogen and oxygen atoms in total. The van der Waals surface area contributed by atoms with Gasteiger partial charge >= 0.3 is 0 Å². The minimum atomic E-state index is -0.153. The van der Waals surface area contributed by atoms with Crippen LogP contribution in [0.1, 0.15) is 30.9 Å². The van der Waals surface area contributed by atoms with Gasteiger partial charge in [0.2, 0.25) is 6.41 Å². The van der Waals surface area contributed by atoms with Gasteiger partial charge in [0.15, 0.2) is 0 Å². The van der Waals surface area contributed by atoms with Gasteiger partial charge < -0.3 is 19.7 Å². The molecule has 1 aliphatic rings. The molecule has 1 fully saturated rings. The lowest BCUT2D eigenvalue weighted by atomic mass is 9.97. The molecule has 1 aliphatic heterocycles. The van der Waals surface area contributed by atoms with Crippen LogP contribution in [0.5, 0.6) is 5.75 Å². The summed E-state index contributed by atoms with van der Waals surface area (Å²) in [5.41, 5.74) is 3.17. The summed E-state index contributed by atoms with van der Waals surface area (Å²) in [5, 5.41) is 2.71. The molecule has 3 rings (SSSR count). The summed E-state index contributed by atoms with van der Waals surface area (Å²) >= 11 is 0. The van der Waals surface area contributed by atoms with E-state index in [4.69, 9.17) is 9.47 Å². The van der Waals surface area contributed by atoms with Gasteiger partial charge in [0.1, 0.15) is 11.6 Å². The third kappa shape index (κ3) is 5.48. The summed E-state index contributed by atoms with van der Waals surface area (Å²) in [6.45, 7) is 7.01. The number of nitrogens with one attached hydrogen (secondary N) is 1. The van der Waals surface area contributed by atoms with Gasteiger partial charge in [-0.1, -0.05) is 12.1 Å². The minimum absolute atomic E-state index is 0.153. The lowest BCUT2D eigenvalue weighted by Crippen LogP contribution is -2.36. The van der Waals surface area contributed by atoms with Crippen LogP contribution in [0.2, 0.25) is 0 Å². The second-order valence-corrected chi connectivity index (χ2v) is 7.38. The van der Waals surface area contributed by atoms with Gasteiger partial charge in [0, 0.05) is 30.9 Å². The molecule has 0 aliphatic carbocycles. The first kappa shape index (κ1) is 21.1. The Labute approximate surface area is 171 Å². The van der Waals surface area contributed by atoms with E-state index in [0.717, 1.165) is 42.8 Å². The van der Waals surface area contributed by atoms with Gasteiger partial charge in [-0.2, -0.15) is 0 Å². The predicted molar refractivity (Wildman–Crippen MR) is 113 cm³/mol. The maximum absolute atomic E-state index is 14.2. The average molecular weight is 400 g/mol. The summed E-state index contributed by atoms with van der Waals surface area (Å²) in [4.78, 5) is 13.0. The molecule has 0 unspecified atom stereocenters. The number of carbonyl (C=O) groups is 1. The Balaban J connectivity index is 1.58. The number of benzene rings is 2. The Hall–Kier alpha value is -2.60. The maximum Gasteiger partial charge on any atom is 0.211 e. The van der Waals surface area contributed by atoms with Crippen molar-refractivity contribution in [2.24, 2.45) is 5.92 Å². The fourth-order valence-electron chi connectivity index (χ4n) is 3.67. The largest absolute Gasteiger partial charge is 0.493 e. The molecule has 0 spiro atoms. The summed E-state index contributed by atoms with van der Waals surface area (Å²) in [6, 6.07) is 11.0. The van der Waals surface area contributed by atoms with Crippen molar-refractivity contribution in [2.75, 3.05) is 36.5 Å². The van der Waals surface area contributed by atoms with Crippen molar-refractivity contribution in [1.29, 1.82) is 0 Å². The summed E-state index contributed by atoms with van der Waals surface area (Å²) < 4.78 is 25.9. The number of aryl methyl sites for hydroxylation is 1. The zero-order valence-corrected chi connectivity index (χ0v) is 17.1. The highest BCUT2D eigenvalue weighted by Crippen LogP contribution is 2.30. The van der Waals surface area contributed by atoms with E-state index in [0.29, 0.717) is 43.5 Å². The molecule has 0 atom stereocenters. The van der Waals surface area contributed by atoms with Gasteiger partial charge in [0.05, 0.1) is 18.9 Å². The number of hydrogen-bond donors (Lipinski definition) is 1. The van der Waals surface area contributed by atoms with Crippen LogP contribution in [0.4, 0.5) is 15.8 Å². The second kappa shape index (κ2) is 10.3. The molecule has 1 saturated heterocycles. The Morgan fingerprint density at radius 1 is 1.24 bits per heavy atom. The summed E-state index contributed by atoms with van der Waals surface area (Å²) in [7, 11) is 0. The molecule has 2 aromatic rings. The highest BCUT2D eigenvalue weighted by atomic mass is 19.1. The molecule has 0 radical (unpaired) electrons. The molecule has 29 heavy (non-hydrogen) atoms. The van der Waals surface area contributed by atoms with Gasteiger partial charge in [-0.15, -0.1) is 0 Å². The third-order valence-corrected chi connectivity index (χ3v) is 5.33. The molecule has 6 heteroatoms. The van der Waals surface area contributed by atoms with E-state index in [1.165, 1.54) is 0 Å². The fourth-order valence-corrected chi connectivity index (χ4v) is 3.67. The normalized spacial score (nSPS) is 14.7. The van der Waals surface area contributed by atoms with E-state index in [9.17, 15) is 9.18 Å². The van der Waals surface area contributed by atoms with E-state index in [1.807, 2.05) is 44.2 Å². The number of amides is 1. The van der Waals surface area contributed by atoms with Crippen LogP contribution in [0.25, 0.3) is 0 Å². The molecule has 1 amide bonds. The fraction of sp³-hybridized carbons (Fsp3) is 0.435. The van der Waals surface area contributed by atoms with Crippen molar-refractivity contribution in [2.45, 2.75) is 33.3 Å². The second-order valence-electron chi connectivity index (χ2n) is 7.38. The number of ether oxygens (including phenoxy) is 2. The van der Waals surface area contributed by atoms with E-state index in [-0.39, 0.29) is 5.82 Å². The van der Waals surface area contributed by atoms with Crippen molar-refractivity contribution in [3.05, 3.63) is 53.3 Å². The van der Waals surface area contributed by atoms with Gasteiger partial charge in [-0.3, -0.25) is 4.79 Å². The van der Waals surface area contributed by atoms with Gasteiger partial charge in [-0.05, 0) is 62.4 Å². The van der Waals surface area contributed by atoms with Crippen LogP contribution in [-0.4, -0.2) is 32.7 Å². The Kier molecular flexibility index (Phi) is 7.47. The smallest absolute Gasteiger partial charge is 0.211 e. The molecule has 1 N–H and O–H groups in total. The van der Waals surface area contributed by atoms with Crippen molar-refractivity contribution in [3.8, 4) is 5.75 Å². The van der Waals surface area contributed by atoms with Gasteiger partial charge in [-0.25, -0.2) is 4.39 Å². The number of nitrogens with zero attached hydrogens (tertiary/aromatic N) is 1. The lowest BCUT2D eigenvalue weighted by molar-refractivity contribution is -0.105. The number of rotatable bonds is 9. The van der Waals surface area contributed by atoms with Gasteiger partial charge in [0.25, 0.3) is 0 Å². The van der Waals surface area contributed by atoms with E-state index in [2.05, 4.69) is 10.2 Å². The highest BCUT2D eigenvalue weighted by Gasteiger charge is 2.22. The van der Waals surface area contributed by atoms with Crippen LogP contribution in [0.3, 0.4) is 0 Å². The van der Waals surface area contributed by atoms with E-state index in [1.54, 1.807) is 6.07 Å². The minimum Gasteiger partial charge on any atom is -0.493 e. The van der Waals surface area contributed by atoms with Crippen LogP contribution in [-0.2, 0) is 16.1 Å². The standard InChI is InChI=1S/C23H29FN2O3/c1-3-28-15-19-21(25-16-27)5-4-6-23(19)29-14-18-9-11-26(12-10-18)22-8-7-17(2)13-20(22)24/h4-8,13,16,18H,3,9-12,14-15H2,1-2H3,(H,25,27). The molecule has 0 bridgehead atoms. The van der Waals surface area contributed by atoms with Crippen LogP contribution >= 0.6 is 0 Å². The van der Waals surface area contributed by atoms with Crippen LogP contribution in [0.15, 0.2) is 36.4 Å². The topological polar surface area (TPSA) is 50.8 Å². The molecule has 156 valence electrons. The summed E-state index contributed by atoms with van der Waals surface area (Å²) in [5.74, 6) is 0.986. The zero-order valence-electron chi connectivity index (χ0n) is 17.1. The first-order valence-corrected chi connectivity index (χ1v) is 10.2. The molecular formula is C23H29FN2O3. The van der Waals surface area contributed by atoms with E-state index < -0.39 is 0 Å². The quantitative estimate of drug-likeness (QED) is 0.628. The number of carbonyl (C=O) groups excluding carboxylic acids is 1. The third-order valence-electron chi connectivity index (χ3n) is 5.33. The highest BCUT2D eigenvalue weighted by molar-refractivity contribution is 5.74. The lowest BCUT2D eigenvalue weighted by Gasteiger charge is -2.34. The molecule has 1 heterocycles. The summed E-state index contributed by atoms with van der Waals surface area (Å²) in [6.07, 6.45) is 2.55. The maximum atomic E-state index is 14.2. The van der Waals surface area contributed by atoms with Crippen LogP contribution < -0.4 is 15.0 Å². The molecule has 2 aromatic carbocycles. The van der Waals surface area contributed by atoms with Crippen molar-refractivity contribution >= 4 is 17.8 Å². The first-order chi connectivity index (χ1) is 14.1. The predicted octanol–water partition coefficient (Wildman–Crippen LogP) is 4.53. The number of hydrogen-bond acceptors (Lipinski definition) is 4. The number of halogens is 1. The molecule has 0 aromatic heterocycles. The zero-order chi connectivity index (χ0) is 20.6. The molecule has 0 saturated carbocycles. The number of piperidine rings is 1. The Morgan fingerprint density at radius 3 is 2.72 bits per heavy atom. The Bertz CT molecular complexity index is 820. The van der Waals surface area contributed by atoms with Crippen molar-refractivity contribution in [1.82, 2.24) is 0 Å². The Morgan fingerprint density at radius 2 is 2.03 bits per heavy atom. The average Bonchev–Trinajstić information content (AvgIpc) is 2.72. The van der Waals surface area contributed by atoms with Crippen LogP contribution in [0, 0.1) is 18.7 Å². The van der Waals surface area contributed by atoms with Crippen molar-refractivity contribution in [3.63, 3.8) is 0 Å². The van der Waals surface area contributed by atoms with Crippen molar-refractivity contribution < 1.29 is 18.7 Å². The SMILES string of the molecule is CCOCc1c(NC=O)cccc1OCC1CCN(c2ccc(C)cc2F)CC1. The molecular weight excluding hydrogens is 371 g/mol. The van der Waals surface area contributed by atoms with E-state index >= 15 is 0 Å². The first-order valence-electron chi connectivity index (χ1n) is 10.2. The number of anilines is 2. The monoisotopic (exact) mass is 400 g/mol.